The van der Waals surface area contributed by atoms with E-state index in [2.05, 4.69) is 30.1 Å². The molecule has 0 aliphatic rings. The van der Waals surface area contributed by atoms with Crippen molar-refractivity contribution in [3.8, 4) is 17.3 Å². The molecule has 2 aromatic rings. The van der Waals surface area contributed by atoms with Crippen LogP contribution in [0.3, 0.4) is 0 Å². The molecule has 0 amide bonds. The van der Waals surface area contributed by atoms with Gasteiger partial charge in [0.15, 0.2) is 0 Å². The van der Waals surface area contributed by atoms with E-state index in [1.165, 1.54) is 5.56 Å². The molecule has 0 unspecified atom stereocenters. The Bertz CT molecular complexity index is 548. The second-order valence-electron chi connectivity index (χ2n) is 3.81. The first-order chi connectivity index (χ1) is 7.70. The van der Waals surface area contributed by atoms with Gasteiger partial charge < -0.3 is 0 Å². The van der Waals surface area contributed by atoms with E-state index in [4.69, 9.17) is 5.26 Å². The van der Waals surface area contributed by atoms with Crippen molar-refractivity contribution in [3.05, 3.63) is 53.2 Å². The Morgan fingerprint density at radius 1 is 1.00 bits per heavy atom. The van der Waals surface area contributed by atoms with E-state index < -0.39 is 0 Å². The first-order valence-corrected chi connectivity index (χ1v) is 5.15. The number of aromatic nitrogens is 1. The minimum Gasteiger partial charge on any atom is -0.252 e. The number of benzene rings is 1. The van der Waals surface area contributed by atoms with Crippen molar-refractivity contribution >= 4 is 0 Å². The van der Waals surface area contributed by atoms with E-state index in [1.54, 1.807) is 0 Å². The summed E-state index contributed by atoms with van der Waals surface area (Å²) in [6, 6.07) is 14.0. The molecular formula is C14H12N2. The minimum atomic E-state index is 0.635. The van der Waals surface area contributed by atoms with Gasteiger partial charge in [-0.3, -0.25) is 4.98 Å². The molecule has 0 bridgehead atoms. The molecule has 78 valence electrons. The Kier molecular flexibility index (Phi) is 2.70. The molecule has 1 aromatic carbocycles. The van der Waals surface area contributed by atoms with Gasteiger partial charge in [0.2, 0.25) is 0 Å². The van der Waals surface area contributed by atoms with Crippen LogP contribution in [-0.4, -0.2) is 4.98 Å². The monoisotopic (exact) mass is 208 g/mol. The molecule has 2 rings (SSSR count). The zero-order chi connectivity index (χ0) is 11.5. The highest BCUT2D eigenvalue weighted by Crippen LogP contribution is 2.19. The molecule has 16 heavy (non-hydrogen) atoms. The topological polar surface area (TPSA) is 36.7 Å². The molecular weight excluding hydrogens is 196 g/mol. The fourth-order valence-corrected chi connectivity index (χ4v) is 1.56. The van der Waals surface area contributed by atoms with Gasteiger partial charge in [-0.15, -0.1) is 0 Å². The SMILES string of the molecule is Cc1ccc(-c2ccc(C#N)c(C)n2)cc1. The third-order valence-electron chi connectivity index (χ3n) is 2.55. The summed E-state index contributed by atoms with van der Waals surface area (Å²) in [7, 11) is 0. The van der Waals surface area contributed by atoms with E-state index in [0.29, 0.717) is 5.56 Å². The number of nitrogens with zero attached hydrogens (tertiary/aromatic N) is 2. The van der Waals surface area contributed by atoms with Gasteiger partial charge in [0.25, 0.3) is 0 Å². The fourth-order valence-electron chi connectivity index (χ4n) is 1.56. The van der Waals surface area contributed by atoms with Crippen molar-refractivity contribution in [2.45, 2.75) is 13.8 Å². The molecule has 0 N–H and O–H groups in total. The summed E-state index contributed by atoms with van der Waals surface area (Å²) >= 11 is 0. The Balaban J connectivity index is 2.46. The maximum absolute atomic E-state index is 8.83. The lowest BCUT2D eigenvalue weighted by Gasteiger charge is -2.03. The molecule has 0 aliphatic carbocycles. The predicted octanol–water partition coefficient (Wildman–Crippen LogP) is 3.24. The normalized spacial score (nSPS) is 9.81. The maximum atomic E-state index is 8.83. The van der Waals surface area contributed by atoms with Crippen LogP contribution in [0.4, 0.5) is 0 Å². The lowest BCUT2D eigenvalue weighted by molar-refractivity contribution is 1.18. The lowest BCUT2D eigenvalue weighted by Crippen LogP contribution is -1.90. The van der Waals surface area contributed by atoms with Crippen molar-refractivity contribution in [1.29, 1.82) is 5.26 Å². The Morgan fingerprint density at radius 3 is 2.25 bits per heavy atom. The van der Waals surface area contributed by atoms with Gasteiger partial charge in [-0.2, -0.15) is 5.26 Å². The quantitative estimate of drug-likeness (QED) is 0.721. The molecule has 0 saturated carbocycles. The van der Waals surface area contributed by atoms with E-state index in [-0.39, 0.29) is 0 Å². The van der Waals surface area contributed by atoms with Gasteiger partial charge in [-0.05, 0) is 26.0 Å². The van der Waals surface area contributed by atoms with Crippen LogP contribution in [0.2, 0.25) is 0 Å². The molecule has 0 saturated heterocycles. The zero-order valence-corrected chi connectivity index (χ0v) is 9.36. The van der Waals surface area contributed by atoms with E-state index in [9.17, 15) is 0 Å². The van der Waals surface area contributed by atoms with Crippen LogP contribution in [0.1, 0.15) is 16.8 Å². The average molecular weight is 208 g/mol. The van der Waals surface area contributed by atoms with Crippen molar-refractivity contribution in [2.24, 2.45) is 0 Å². The van der Waals surface area contributed by atoms with Crippen molar-refractivity contribution in [2.75, 3.05) is 0 Å². The lowest BCUT2D eigenvalue weighted by atomic mass is 10.1. The first-order valence-electron chi connectivity index (χ1n) is 5.15. The highest BCUT2D eigenvalue weighted by Gasteiger charge is 2.02. The fraction of sp³-hybridized carbons (Fsp3) is 0.143. The van der Waals surface area contributed by atoms with Crippen LogP contribution < -0.4 is 0 Å². The Labute approximate surface area is 95.2 Å². The molecule has 0 radical (unpaired) electrons. The van der Waals surface area contributed by atoms with Gasteiger partial charge in [0.05, 0.1) is 17.0 Å². The number of aryl methyl sites for hydroxylation is 2. The summed E-state index contributed by atoms with van der Waals surface area (Å²) in [5, 5.41) is 8.83. The highest BCUT2D eigenvalue weighted by molar-refractivity contribution is 5.60. The molecule has 1 aromatic heterocycles. The van der Waals surface area contributed by atoms with Crippen molar-refractivity contribution < 1.29 is 0 Å². The summed E-state index contributed by atoms with van der Waals surface area (Å²) in [6.07, 6.45) is 0. The van der Waals surface area contributed by atoms with Crippen LogP contribution in [0.15, 0.2) is 36.4 Å². The van der Waals surface area contributed by atoms with Gasteiger partial charge in [0, 0.05) is 5.56 Å². The summed E-state index contributed by atoms with van der Waals surface area (Å²) in [5.74, 6) is 0. The summed E-state index contributed by atoms with van der Waals surface area (Å²) < 4.78 is 0. The minimum absolute atomic E-state index is 0.635. The van der Waals surface area contributed by atoms with Crippen LogP contribution in [0.5, 0.6) is 0 Å². The largest absolute Gasteiger partial charge is 0.252 e. The van der Waals surface area contributed by atoms with E-state index >= 15 is 0 Å². The zero-order valence-electron chi connectivity index (χ0n) is 9.36. The van der Waals surface area contributed by atoms with Gasteiger partial charge in [-0.1, -0.05) is 29.8 Å². The third-order valence-corrected chi connectivity index (χ3v) is 2.55. The van der Waals surface area contributed by atoms with Gasteiger partial charge in [0.1, 0.15) is 6.07 Å². The molecule has 0 aliphatic heterocycles. The van der Waals surface area contributed by atoms with Crippen LogP contribution >= 0.6 is 0 Å². The number of rotatable bonds is 1. The summed E-state index contributed by atoms with van der Waals surface area (Å²) in [4.78, 5) is 4.42. The molecule has 2 nitrogen and oxygen atoms in total. The number of hydrogen-bond acceptors (Lipinski definition) is 2. The Morgan fingerprint density at radius 2 is 1.69 bits per heavy atom. The standard InChI is InChI=1S/C14H12N2/c1-10-3-5-12(6-4-10)14-8-7-13(9-15)11(2)16-14/h3-8H,1-2H3. The number of pyridine rings is 1. The summed E-state index contributed by atoms with van der Waals surface area (Å²) in [5.41, 5.74) is 4.64. The molecule has 0 spiro atoms. The first kappa shape index (κ1) is 10.4. The van der Waals surface area contributed by atoms with Crippen LogP contribution in [-0.2, 0) is 0 Å². The van der Waals surface area contributed by atoms with Gasteiger partial charge in [-0.25, -0.2) is 0 Å². The maximum Gasteiger partial charge on any atom is 0.101 e. The number of nitriles is 1. The molecule has 0 fully saturated rings. The third kappa shape index (κ3) is 1.94. The average Bonchev–Trinajstić information content (AvgIpc) is 2.30. The van der Waals surface area contributed by atoms with Crippen LogP contribution in [0.25, 0.3) is 11.3 Å². The smallest absolute Gasteiger partial charge is 0.101 e. The highest BCUT2D eigenvalue weighted by atomic mass is 14.7. The number of hydrogen-bond donors (Lipinski definition) is 0. The van der Waals surface area contributed by atoms with Crippen molar-refractivity contribution in [3.63, 3.8) is 0 Å². The van der Waals surface area contributed by atoms with Crippen molar-refractivity contribution in [1.82, 2.24) is 4.98 Å². The van der Waals surface area contributed by atoms with E-state index in [0.717, 1.165) is 17.0 Å². The molecule has 2 heteroatoms. The van der Waals surface area contributed by atoms with Gasteiger partial charge >= 0.3 is 0 Å². The second-order valence-corrected chi connectivity index (χ2v) is 3.81. The molecule has 1 heterocycles. The van der Waals surface area contributed by atoms with E-state index in [1.807, 2.05) is 31.2 Å². The van der Waals surface area contributed by atoms with Crippen LogP contribution in [0, 0.1) is 25.2 Å². The predicted molar refractivity (Wildman–Crippen MR) is 63.9 cm³/mol. The Hall–Kier alpha value is -2.14. The summed E-state index contributed by atoms with van der Waals surface area (Å²) in [6.45, 7) is 3.91. The molecule has 0 atom stereocenters. The second kappa shape index (κ2) is 4.16.